The molecular weight excluding hydrogens is 262 g/mol. The summed E-state index contributed by atoms with van der Waals surface area (Å²) >= 11 is 3.63. The largest absolute Gasteiger partial charge is 0.369 e. The summed E-state index contributed by atoms with van der Waals surface area (Å²) in [4.78, 5) is 11.1. The first-order valence-electron chi connectivity index (χ1n) is 6.07. The molecule has 0 aliphatic heterocycles. The molecule has 2 rings (SSSR count). The maximum Gasteiger partial charge on any atom is 0.138 e. The first-order chi connectivity index (χ1) is 8.63. The van der Waals surface area contributed by atoms with E-state index >= 15 is 0 Å². The number of hydrogen-bond donors (Lipinski definition) is 1. The van der Waals surface area contributed by atoms with Crippen molar-refractivity contribution < 1.29 is 0 Å². The molecule has 0 aliphatic carbocycles. The van der Waals surface area contributed by atoms with Crippen LogP contribution in [0.3, 0.4) is 0 Å². The number of nitrogens with one attached hydrogen (secondary N) is 1. The van der Waals surface area contributed by atoms with Crippen LogP contribution in [0.25, 0.3) is 10.2 Å². The van der Waals surface area contributed by atoms with Gasteiger partial charge < -0.3 is 5.32 Å². The molecule has 0 fully saturated rings. The molecule has 2 aromatic heterocycles. The molecule has 1 atom stereocenters. The summed E-state index contributed by atoms with van der Waals surface area (Å²) in [6.45, 7) is 7.50. The number of aryl methyl sites for hydroxylation is 2. The van der Waals surface area contributed by atoms with Gasteiger partial charge in [0.1, 0.15) is 17.0 Å². The van der Waals surface area contributed by atoms with Gasteiger partial charge in [0, 0.05) is 11.4 Å². The van der Waals surface area contributed by atoms with Crippen molar-refractivity contribution in [3.05, 3.63) is 16.8 Å². The molecule has 1 unspecified atom stereocenters. The van der Waals surface area contributed by atoms with E-state index in [0.717, 1.165) is 17.2 Å². The van der Waals surface area contributed by atoms with Crippen molar-refractivity contribution in [1.82, 2.24) is 9.97 Å². The van der Waals surface area contributed by atoms with E-state index < -0.39 is 0 Å². The smallest absolute Gasteiger partial charge is 0.138 e. The zero-order chi connectivity index (χ0) is 13.1. The zero-order valence-electron chi connectivity index (χ0n) is 11.3. The molecule has 0 amide bonds. The van der Waals surface area contributed by atoms with Gasteiger partial charge in [-0.15, -0.1) is 11.3 Å². The highest BCUT2D eigenvalue weighted by atomic mass is 32.2. The van der Waals surface area contributed by atoms with Gasteiger partial charge in [-0.25, -0.2) is 9.97 Å². The Morgan fingerprint density at radius 3 is 2.89 bits per heavy atom. The highest BCUT2D eigenvalue weighted by Gasteiger charge is 2.12. The Balaban J connectivity index is 2.23. The molecule has 0 saturated carbocycles. The van der Waals surface area contributed by atoms with Gasteiger partial charge in [-0.2, -0.15) is 11.8 Å². The minimum atomic E-state index is 0.644. The molecule has 0 bridgehead atoms. The molecule has 0 saturated heterocycles. The third kappa shape index (κ3) is 2.78. The molecular formula is C13H19N3S2. The fraction of sp³-hybridized carbons (Fsp3) is 0.538. The molecule has 0 spiro atoms. The van der Waals surface area contributed by atoms with Gasteiger partial charge in [-0.1, -0.05) is 6.92 Å². The summed E-state index contributed by atoms with van der Waals surface area (Å²) in [5, 5.41) is 4.66. The highest BCUT2D eigenvalue weighted by Crippen LogP contribution is 2.32. The summed E-state index contributed by atoms with van der Waals surface area (Å²) in [5.74, 6) is 2.79. The normalized spacial score (nSPS) is 12.9. The first kappa shape index (κ1) is 13.6. The molecule has 0 aromatic carbocycles. The average molecular weight is 281 g/mol. The second-order valence-corrected chi connectivity index (χ2v) is 6.74. The van der Waals surface area contributed by atoms with Crippen LogP contribution in [0.1, 0.15) is 17.4 Å². The molecule has 2 aromatic rings. The number of aromatic nitrogens is 2. The van der Waals surface area contributed by atoms with Crippen LogP contribution < -0.4 is 5.32 Å². The SMILES string of the molecule is CSCC(C)CNc1ncnc2sc(C)c(C)c12. The van der Waals surface area contributed by atoms with Crippen LogP contribution in [0.5, 0.6) is 0 Å². The van der Waals surface area contributed by atoms with Crippen molar-refractivity contribution >= 4 is 39.1 Å². The van der Waals surface area contributed by atoms with Gasteiger partial charge >= 0.3 is 0 Å². The fourth-order valence-electron chi connectivity index (χ4n) is 1.93. The fourth-order valence-corrected chi connectivity index (χ4v) is 3.61. The average Bonchev–Trinajstić information content (AvgIpc) is 2.64. The standard InChI is InChI=1S/C13H19N3S2/c1-8(6-17-4)5-14-12-11-9(2)10(3)18-13(11)16-7-15-12/h7-8H,5-6H2,1-4H3,(H,14,15,16). The van der Waals surface area contributed by atoms with E-state index in [1.165, 1.54) is 21.6 Å². The molecule has 1 N–H and O–H groups in total. The second-order valence-electron chi connectivity index (χ2n) is 4.63. The minimum Gasteiger partial charge on any atom is -0.369 e. The maximum atomic E-state index is 4.39. The zero-order valence-corrected chi connectivity index (χ0v) is 12.9. The second kappa shape index (κ2) is 5.89. The Bertz CT molecular complexity index is 536. The topological polar surface area (TPSA) is 37.8 Å². The van der Waals surface area contributed by atoms with Crippen LogP contribution in [0, 0.1) is 19.8 Å². The van der Waals surface area contributed by atoms with Crippen LogP contribution in [0.15, 0.2) is 6.33 Å². The number of rotatable bonds is 5. The van der Waals surface area contributed by atoms with E-state index in [1.54, 1.807) is 17.7 Å². The van der Waals surface area contributed by atoms with Crippen molar-refractivity contribution in [3.63, 3.8) is 0 Å². The van der Waals surface area contributed by atoms with E-state index in [2.05, 4.69) is 42.3 Å². The van der Waals surface area contributed by atoms with Crippen molar-refractivity contribution in [1.29, 1.82) is 0 Å². The molecule has 0 aliphatic rings. The van der Waals surface area contributed by atoms with E-state index in [4.69, 9.17) is 0 Å². The molecule has 5 heteroatoms. The predicted octanol–water partition coefficient (Wildman–Crippen LogP) is 3.72. The third-order valence-corrected chi connectivity index (χ3v) is 5.05. The summed E-state index contributed by atoms with van der Waals surface area (Å²) in [7, 11) is 0. The van der Waals surface area contributed by atoms with Gasteiger partial charge in [0.05, 0.1) is 5.39 Å². The lowest BCUT2D eigenvalue weighted by molar-refractivity contribution is 0.700. The number of thioether (sulfide) groups is 1. The van der Waals surface area contributed by atoms with Crippen LogP contribution in [-0.4, -0.2) is 28.5 Å². The monoisotopic (exact) mass is 281 g/mol. The summed E-state index contributed by atoms with van der Waals surface area (Å²) in [6.07, 6.45) is 3.80. The molecule has 0 radical (unpaired) electrons. The lowest BCUT2D eigenvalue weighted by Crippen LogP contribution is -2.14. The van der Waals surface area contributed by atoms with Gasteiger partial charge in [0.15, 0.2) is 0 Å². The van der Waals surface area contributed by atoms with E-state index in [-0.39, 0.29) is 0 Å². The maximum absolute atomic E-state index is 4.39. The predicted molar refractivity (Wildman–Crippen MR) is 82.9 cm³/mol. The van der Waals surface area contributed by atoms with Gasteiger partial charge in [-0.3, -0.25) is 0 Å². The van der Waals surface area contributed by atoms with E-state index in [0.29, 0.717) is 5.92 Å². The van der Waals surface area contributed by atoms with Crippen molar-refractivity contribution in [3.8, 4) is 0 Å². The van der Waals surface area contributed by atoms with E-state index in [9.17, 15) is 0 Å². The van der Waals surface area contributed by atoms with Crippen molar-refractivity contribution in [2.75, 3.05) is 23.9 Å². The molecule has 3 nitrogen and oxygen atoms in total. The number of fused-ring (bicyclic) bond motifs is 1. The van der Waals surface area contributed by atoms with Crippen LogP contribution in [0.2, 0.25) is 0 Å². The van der Waals surface area contributed by atoms with E-state index in [1.807, 2.05) is 11.8 Å². The number of thiophene rings is 1. The quantitative estimate of drug-likeness (QED) is 0.906. The third-order valence-electron chi connectivity index (χ3n) is 3.03. The number of anilines is 1. The number of nitrogens with zero attached hydrogens (tertiary/aromatic N) is 2. The van der Waals surface area contributed by atoms with Gasteiger partial charge in [0.25, 0.3) is 0 Å². The summed E-state index contributed by atoms with van der Waals surface area (Å²) < 4.78 is 0. The minimum absolute atomic E-state index is 0.644. The molecule has 2 heterocycles. The lowest BCUT2D eigenvalue weighted by Gasteiger charge is -2.12. The Morgan fingerprint density at radius 2 is 2.17 bits per heavy atom. The molecule has 18 heavy (non-hydrogen) atoms. The van der Waals surface area contributed by atoms with Crippen LogP contribution in [-0.2, 0) is 0 Å². The Labute approximate surface area is 116 Å². The summed E-state index contributed by atoms with van der Waals surface area (Å²) in [6, 6.07) is 0. The number of hydrogen-bond acceptors (Lipinski definition) is 5. The van der Waals surface area contributed by atoms with Crippen LogP contribution in [0.4, 0.5) is 5.82 Å². The van der Waals surface area contributed by atoms with Gasteiger partial charge in [-0.05, 0) is 37.3 Å². The van der Waals surface area contributed by atoms with Crippen molar-refractivity contribution in [2.24, 2.45) is 5.92 Å². The Kier molecular flexibility index (Phi) is 4.45. The molecule has 98 valence electrons. The first-order valence-corrected chi connectivity index (χ1v) is 8.28. The Hall–Kier alpha value is -0.810. The van der Waals surface area contributed by atoms with Crippen molar-refractivity contribution in [2.45, 2.75) is 20.8 Å². The Morgan fingerprint density at radius 1 is 1.39 bits per heavy atom. The van der Waals surface area contributed by atoms with Gasteiger partial charge in [0.2, 0.25) is 0 Å². The lowest BCUT2D eigenvalue weighted by atomic mass is 10.2. The van der Waals surface area contributed by atoms with Crippen LogP contribution >= 0.6 is 23.1 Å². The highest BCUT2D eigenvalue weighted by molar-refractivity contribution is 7.98. The summed E-state index contributed by atoms with van der Waals surface area (Å²) in [5.41, 5.74) is 1.30.